The first-order valence-electron chi connectivity index (χ1n) is 11.7. The van der Waals surface area contributed by atoms with Crippen molar-refractivity contribution in [2.75, 3.05) is 44.3 Å². The highest BCUT2D eigenvalue weighted by Crippen LogP contribution is 2.31. The predicted octanol–water partition coefficient (Wildman–Crippen LogP) is 3.06. The van der Waals surface area contributed by atoms with E-state index in [1.54, 1.807) is 0 Å². The molecule has 3 saturated heterocycles. The number of hydrogen-bond acceptors (Lipinski definition) is 4. The van der Waals surface area contributed by atoms with Crippen molar-refractivity contribution >= 4 is 11.6 Å². The number of rotatable bonds is 3. The van der Waals surface area contributed by atoms with Crippen LogP contribution in [0.5, 0.6) is 0 Å². The Morgan fingerprint density at radius 3 is 2.69 bits per heavy atom. The molecule has 4 aliphatic rings. The molecule has 0 bridgehead atoms. The molecule has 5 nitrogen and oxygen atoms in total. The average Bonchev–Trinajstić information content (AvgIpc) is 3.42. The summed E-state index contributed by atoms with van der Waals surface area (Å²) < 4.78 is 5.44. The normalized spacial score (nSPS) is 28.7. The second-order valence-electron chi connectivity index (χ2n) is 9.47. The van der Waals surface area contributed by atoms with Gasteiger partial charge in [-0.2, -0.15) is 0 Å². The van der Waals surface area contributed by atoms with Crippen LogP contribution < -0.4 is 4.90 Å². The Hall–Kier alpha value is -1.59. The largest absolute Gasteiger partial charge is 0.381 e. The van der Waals surface area contributed by atoms with E-state index in [4.69, 9.17) is 4.74 Å². The van der Waals surface area contributed by atoms with Crippen molar-refractivity contribution in [1.82, 2.24) is 9.80 Å². The number of carbonyl (C=O) groups excluding carboxylic acids is 1. The van der Waals surface area contributed by atoms with E-state index in [1.807, 2.05) is 0 Å². The first-order chi connectivity index (χ1) is 14.2. The van der Waals surface area contributed by atoms with Crippen molar-refractivity contribution < 1.29 is 9.53 Å². The molecule has 4 heterocycles. The molecule has 0 aromatic heterocycles. The highest BCUT2D eigenvalue weighted by atomic mass is 16.5. The topological polar surface area (TPSA) is 36.0 Å². The number of nitrogens with zero attached hydrogens (tertiary/aromatic N) is 3. The monoisotopic (exact) mass is 397 g/mol. The summed E-state index contributed by atoms with van der Waals surface area (Å²) in [7, 11) is 0. The zero-order valence-electron chi connectivity index (χ0n) is 17.8. The molecule has 5 heteroatoms. The number of hydrogen-bond donors (Lipinski definition) is 0. The van der Waals surface area contributed by atoms with Gasteiger partial charge in [0, 0.05) is 63.1 Å². The van der Waals surface area contributed by atoms with Crippen LogP contribution >= 0.6 is 0 Å². The quantitative estimate of drug-likeness (QED) is 0.785. The van der Waals surface area contributed by atoms with Crippen molar-refractivity contribution in [1.29, 1.82) is 0 Å². The molecule has 158 valence electrons. The van der Waals surface area contributed by atoms with Gasteiger partial charge in [0.1, 0.15) is 0 Å². The maximum atomic E-state index is 13.0. The zero-order chi connectivity index (χ0) is 19.8. The second-order valence-corrected chi connectivity index (χ2v) is 9.47. The van der Waals surface area contributed by atoms with Crippen LogP contribution in [0.1, 0.15) is 50.2 Å². The van der Waals surface area contributed by atoms with Crippen LogP contribution in [0, 0.1) is 5.92 Å². The molecule has 2 atom stereocenters. The van der Waals surface area contributed by atoms with E-state index in [0.29, 0.717) is 11.9 Å². The zero-order valence-corrected chi connectivity index (χ0v) is 17.8. The molecule has 1 amide bonds. The van der Waals surface area contributed by atoms with Crippen molar-refractivity contribution in [3.8, 4) is 0 Å². The molecule has 3 fully saturated rings. The Morgan fingerprint density at radius 2 is 1.90 bits per heavy atom. The van der Waals surface area contributed by atoms with E-state index in [0.717, 1.165) is 64.7 Å². The van der Waals surface area contributed by atoms with Crippen LogP contribution in [0.2, 0.25) is 0 Å². The summed E-state index contributed by atoms with van der Waals surface area (Å²) in [6.45, 7) is 9.06. The summed E-state index contributed by atoms with van der Waals surface area (Å²) in [5.41, 5.74) is 4.12. The van der Waals surface area contributed by atoms with Crippen LogP contribution in [-0.2, 0) is 22.5 Å². The molecule has 4 aliphatic heterocycles. The summed E-state index contributed by atoms with van der Waals surface area (Å²) in [4.78, 5) is 20.4. The van der Waals surface area contributed by atoms with Gasteiger partial charge < -0.3 is 14.5 Å². The number of ether oxygens (including phenoxy) is 1. The Kier molecular flexibility index (Phi) is 5.53. The van der Waals surface area contributed by atoms with Gasteiger partial charge in [-0.25, -0.2) is 0 Å². The van der Waals surface area contributed by atoms with E-state index in [9.17, 15) is 4.79 Å². The minimum atomic E-state index is 0.162. The lowest BCUT2D eigenvalue weighted by Crippen LogP contribution is -2.41. The van der Waals surface area contributed by atoms with Gasteiger partial charge in [-0.15, -0.1) is 0 Å². The smallest absolute Gasteiger partial charge is 0.226 e. The number of amides is 1. The van der Waals surface area contributed by atoms with Gasteiger partial charge in [-0.3, -0.25) is 9.69 Å². The molecule has 5 rings (SSSR count). The lowest BCUT2D eigenvalue weighted by Gasteiger charge is -2.34. The second kappa shape index (κ2) is 8.27. The molecule has 29 heavy (non-hydrogen) atoms. The van der Waals surface area contributed by atoms with Gasteiger partial charge in [0.05, 0.1) is 0 Å². The SMILES string of the molecule is C[C@H]1CCCN1[C@H]1CCN(c2ccc3c(c2)CN(C(=O)C2CCOCC2)CC3)C1. The van der Waals surface area contributed by atoms with Crippen LogP contribution in [0.4, 0.5) is 5.69 Å². The van der Waals surface area contributed by atoms with Crippen molar-refractivity contribution in [3.63, 3.8) is 0 Å². The Balaban J connectivity index is 1.26. The van der Waals surface area contributed by atoms with E-state index >= 15 is 0 Å². The molecule has 0 aliphatic carbocycles. The van der Waals surface area contributed by atoms with Gasteiger partial charge in [-0.1, -0.05) is 6.07 Å². The third kappa shape index (κ3) is 3.91. The fourth-order valence-corrected chi connectivity index (χ4v) is 5.88. The third-order valence-corrected chi connectivity index (χ3v) is 7.69. The standard InChI is InChI=1S/C24H35N3O2/c1-18-3-2-10-27(18)23-7-12-25(17-23)22-5-4-19-6-11-26(16-21(19)15-22)24(28)20-8-13-29-14-9-20/h4-5,15,18,20,23H,2-3,6-14,16-17H2,1H3/t18-,23-/m0/s1. The fourth-order valence-electron chi connectivity index (χ4n) is 5.88. The van der Waals surface area contributed by atoms with Crippen molar-refractivity contribution in [2.24, 2.45) is 5.92 Å². The summed E-state index contributed by atoms with van der Waals surface area (Å²) in [5, 5.41) is 0. The number of carbonyl (C=O) groups is 1. The summed E-state index contributed by atoms with van der Waals surface area (Å²) in [6, 6.07) is 8.44. The van der Waals surface area contributed by atoms with E-state index in [2.05, 4.69) is 39.8 Å². The molecule has 1 aromatic carbocycles. The summed E-state index contributed by atoms with van der Waals surface area (Å²) >= 11 is 0. The summed E-state index contributed by atoms with van der Waals surface area (Å²) in [6.07, 6.45) is 6.73. The third-order valence-electron chi connectivity index (χ3n) is 7.69. The molecule has 0 spiro atoms. The highest BCUT2D eigenvalue weighted by molar-refractivity contribution is 5.79. The molecular weight excluding hydrogens is 362 g/mol. The lowest BCUT2D eigenvalue weighted by molar-refractivity contribution is -0.139. The fraction of sp³-hybridized carbons (Fsp3) is 0.708. The maximum absolute atomic E-state index is 13.0. The Morgan fingerprint density at radius 1 is 1.03 bits per heavy atom. The van der Waals surface area contributed by atoms with Crippen molar-refractivity contribution in [3.05, 3.63) is 29.3 Å². The van der Waals surface area contributed by atoms with Crippen LogP contribution in [0.15, 0.2) is 18.2 Å². The first kappa shape index (κ1) is 19.4. The van der Waals surface area contributed by atoms with Gasteiger partial charge >= 0.3 is 0 Å². The maximum Gasteiger partial charge on any atom is 0.226 e. The molecule has 1 aromatic rings. The lowest BCUT2D eigenvalue weighted by atomic mass is 9.94. The average molecular weight is 398 g/mol. The molecule has 0 saturated carbocycles. The molecule has 0 unspecified atom stereocenters. The van der Waals surface area contributed by atoms with Crippen molar-refractivity contribution in [2.45, 2.75) is 64.1 Å². The van der Waals surface area contributed by atoms with Gasteiger partial charge in [0.25, 0.3) is 0 Å². The van der Waals surface area contributed by atoms with E-state index in [-0.39, 0.29) is 5.92 Å². The van der Waals surface area contributed by atoms with Crippen LogP contribution in [0.3, 0.4) is 0 Å². The van der Waals surface area contributed by atoms with E-state index in [1.165, 1.54) is 42.6 Å². The van der Waals surface area contributed by atoms with Gasteiger partial charge in [-0.05, 0) is 75.3 Å². The number of anilines is 1. The van der Waals surface area contributed by atoms with E-state index < -0.39 is 0 Å². The molecule has 0 N–H and O–H groups in total. The number of benzene rings is 1. The first-order valence-corrected chi connectivity index (χ1v) is 11.7. The van der Waals surface area contributed by atoms with Gasteiger partial charge in [0.15, 0.2) is 0 Å². The van der Waals surface area contributed by atoms with Gasteiger partial charge in [0.2, 0.25) is 5.91 Å². The van der Waals surface area contributed by atoms with Crippen LogP contribution in [0.25, 0.3) is 0 Å². The number of fused-ring (bicyclic) bond motifs is 1. The highest BCUT2D eigenvalue weighted by Gasteiger charge is 2.33. The van der Waals surface area contributed by atoms with Crippen LogP contribution in [-0.4, -0.2) is 67.2 Å². The minimum absolute atomic E-state index is 0.162. The molecule has 0 radical (unpaired) electrons. The predicted molar refractivity (Wildman–Crippen MR) is 115 cm³/mol. The summed E-state index contributed by atoms with van der Waals surface area (Å²) in [5.74, 6) is 0.504. The number of likely N-dealkylation sites (tertiary alicyclic amines) is 1. The Labute approximate surface area is 175 Å². The Bertz CT molecular complexity index is 746. The molecular formula is C24H35N3O2. The minimum Gasteiger partial charge on any atom is -0.381 e.